The van der Waals surface area contributed by atoms with Crippen molar-refractivity contribution in [2.45, 2.75) is 31.3 Å². The Morgan fingerprint density at radius 3 is 2.70 bits per heavy atom. The van der Waals surface area contributed by atoms with E-state index in [-0.39, 0.29) is 30.0 Å². The molecule has 23 heavy (non-hydrogen) atoms. The second-order valence-corrected chi connectivity index (χ2v) is 5.21. The number of rotatable bonds is 6. The van der Waals surface area contributed by atoms with Crippen molar-refractivity contribution in [3.05, 3.63) is 39.9 Å². The lowest BCUT2D eigenvalue weighted by Gasteiger charge is -2.18. The molecule has 0 spiro atoms. The summed E-state index contributed by atoms with van der Waals surface area (Å²) in [4.78, 5) is 45.2. The molecule has 1 fully saturated rings. The molecule has 1 saturated heterocycles. The van der Waals surface area contributed by atoms with E-state index in [9.17, 15) is 24.5 Å². The molecule has 9 heteroatoms. The molecule has 3 amide bonds. The Balaban J connectivity index is 2.11. The third-order valence-electron chi connectivity index (χ3n) is 3.58. The molecule has 0 radical (unpaired) electrons. The van der Waals surface area contributed by atoms with Crippen LogP contribution in [-0.4, -0.2) is 34.7 Å². The summed E-state index contributed by atoms with van der Waals surface area (Å²) in [6.45, 7) is 0. The highest BCUT2D eigenvalue weighted by atomic mass is 16.6. The molecule has 122 valence electrons. The molecule has 0 bridgehead atoms. The van der Waals surface area contributed by atoms with Crippen LogP contribution in [0.2, 0.25) is 0 Å². The van der Waals surface area contributed by atoms with E-state index < -0.39 is 28.8 Å². The van der Waals surface area contributed by atoms with Crippen molar-refractivity contribution in [1.29, 1.82) is 0 Å². The van der Waals surface area contributed by atoms with Crippen LogP contribution in [0.5, 0.6) is 0 Å². The van der Waals surface area contributed by atoms with Crippen molar-refractivity contribution in [3.8, 4) is 0 Å². The molecule has 9 nitrogen and oxygen atoms in total. The molecular weight excluding hydrogens is 304 g/mol. The lowest BCUT2D eigenvalue weighted by molar-refractivity contribution is -0.385. The molecule has 1 aromatic carbocycles. The van der Waals surface area contributed by atoms with Gasteiger partial charge in [-0.2, -0.15) is 0 Å². The summed E-state index contributed by atoms with van der Waals surface area (Å²) in [6, 6.07) is 4.10. The van der Waals surface area contributed by atoms with Gasteiger partial charge in [0.15, 0.2) is 0 Å². The number of nitrogens with zero attached hydrogens (tertiary/aromatic N) is 1. The number of para-hydroxylation sites is 1. The number of carbonyl (C=O) groups is 3. The molecule has 0 unspecified atom stereocenters. The van der Waals surface area contributed by atoms with E-state index in [1.165, 1.54) is 18.2 Å². The number of nitro benzene ring substituents is 1. The number of carbonyl (C=O) groups excluding carboxylic acids is 3. The summed E-state index contributed by atoms with van der Waals surface area (Å²) in [5, 5.41) is 15.9. The Kier molecular flexibility index (Phi) is 4.89. The molecule has 0 aromatic heterocycles. The maximum Gasteiger partial charge on any atom is 0.272 e. The second kappa shape index (κ2) is 6.86. The normalized spacial score (nSPS) is 18.1. The van der Waals surface area contributed by atoms with Crippen LogP contribution >= 0.6 is 0 Å². The third kappa shape index (κ3) is 4.02. The fourth-order valence-electron chi connectivity index (χ4n) is 2.39. The molecule has 1 aliphatic rings. The maximum absolute atomic E-state index is 12.0. The van der Waals surface area contributed by atoms with Crippen LogP contribution in [0.4, 0.5) is 5.69 Å². The highest BCUT2D eigenvalue weighted by Gasteiger charge is 2.30. The molecule has 1 aromatic rings. The number of primary amides is 1. The number of hydrogen-bond acceptors (Lipinski definition) is 5. The van der Waals surface area contributed by atoms with Crippen molar-refractivity contribution < 1.29 is 19.3 Å². The topological polar surface area (TPSA) is 144 Å². The van der Waals surface area contributed by atoms with Gasteiger partial charge in [0.25, 0.3) is 5.69 Å². The predicted molar refractivity (Wildman–Crippen MR) is 79.1 cm³/mol. The Labute approximate surface area is 131 Å². The van der Waals surface area contributed by atoms with Gasteiger partial charge in [-0.25, -0.2) is 0 Å². The van der Waals surface area contributed by atoms with Crippen LogP contribution in [0.25, 0.3) is 0 Å². The lowest BCUT2D eigenvalue weighted by Crippen LogP contribution is -2.51. The van der Waals surface area contributed by atoms with E-state index in [1.807, 2.05) is 0 Å². The van der Waals surface area contributed by atoms with Gasteiger partial charge < -0.3 is 16.4 Å². The number of amides is 3. The van der Waals surface area contributed by atoms with Gasteiger partial charge in [-0.15, -0.1) is 0 Å². The zero-order valence-electron chi connectivity index (χ0n) is 12.2. The van der Waals surface area contributed by atoms with Crippen molar-refractivity contribution in [1.82, 2.24) is 10.6 Å². The highest BCUT2D eigenvalue weighted by Crippen LogP contribution is 2.19. The average Bonchev–Trinajstić information content (AvgIpc) is 2.93. The summed E-state index contributed by atoms with van der Waals surface area (Å²) in [5.41, 5.74) is 5.41. The average molecular weight is 320 g/mol. The quantitative estimate of drug-likeness (QED) is 0.473. The molecule has 2 rings (SSSR count). The Hall–Kier alpha value is -2.97. The minimum atomic E-state index is -1.10. The number of hydrogen-bond donors (Lipinski definition) is 3. The SMILES string of the molecule is NC(=O)[C@@H](Cc1ccccc1[N+](=O)[O-])NC(=O)[C@H]1CCC(=O)N1. The second-order valence-electron chi connectivity index (χ2n) is 5.21. The van der Waals surface area contributed by atoms with E-state index in [4.69, 9.17) is 5.73 Å². The molecule has 4 N–H and O–H groups in total. The number of nitro groups is 1. The van der Waals surface area contributed by atoms with Gasteiger partial charge in [-0.3, -0.25) is 24.5 Å². The van der Waals surface area contributed by atoms with E-state index >= 15 is 0 Å². The van der Waals surface area contributed by atoms with Gasteiger partial charge in [0, 0.05) is 24.5 Å². The fraction of sp³-hybridized carbons (Fsp3) is 0.357. The predicted octanol–water partition coefficient (Wildman–Crippen LogP) is -0.614. The van der Waals surface area contributed by atoms with Crippen molar-refractivity contribution in [2.24, 2.45) is 5.73 Å². The van der Waals surface area contributed by atoms with Crippen molar-refractivity contribution >= 4 is 23.4 Å². The number of nitrogens with one attached hydrogen (secondary N) is 2. The molecule has 2 atom stereocenters. The highest BCUT2D eigenvalue weighted by molar-refractivity contribution is 5.93. The van der Waals surface area contributed by atoms with E-state index in [0.717, 1.165) is 0 Å². The lowest BCUT2D eigenvalue weighted by atomic mass is 10.0. The van der Waals surface area contributed by atoms with Crippen LogP contribution < -0.4 is 16.4 Å². The van der Waals surface area contributed by atoms with E-state index in [0.29, 0.717) is 6.42 Å². The molecule has 0 aliphatic carbocycles. The van der Waals surface area contributed by atoms with Gasteiger partial charge in [-0.1, -0.05) is 18.2 Å². The van der Waals surface area contributed by atoms with E-state index in [1.54, 1.807) is 6.07 Å². The number of nitrogens with two attached hydrogens (primary N) is 1. The van der Waals surface area contributed by atoms with Crippen LogP contribution in [0.1, 0.15) is 18.4 Å². The summed E-state index contributed by atoms with van der Waals surface area (Å²) in [6.07, 6.45) is 0.476. The smallest absolute Gasteiger partial charge is 0.272 e. The summed E-state index contributed by atoms with van der Waals surface area (Å²) < 4.78 is 0. The zero-order chi connectivity index (χ0) is 17.0. The minimum Gasteiger partial charge on any atom is -0.368 e. The Morgan fingerprint density at radius 1 is 1.43 bits per heavy atom. The van der Waals surface area contributed by atoms with Gasteiger partial charge in [0.05, 0.1) is 4.92 Å². The molecular formula is C14H16N4O5. The first-order chi connectivity index (χ1) is 10.9. The number of benzene rings is 1. The van der Waals surface area contributed by atoms with E-state index in [2.05, 4.69) is 10.6 Å². The van der Waals surface area contributed by atoms with Crippen molar-refractivity contribution in [2.75, 3.05) is 0 Å². The molecule has 1 aliphatic heterocycles. The largest absolute Gasteiger partial charge is 0.368 e. The summed E-state index contributed by atoms with van der Waals surface area (Å²) >= 11 is 0. The molecule has 0 saturated carbocycles. The standard InChI is InChI=1S/C14H16N4O5/c15-13(20)10(17-14(21)9-5-6-12(19)16-9)7-8-3-1-2-4-11(8)18(22)23/h1-4,9-10H,5-7H2,(H2,15,20)(H,16,19)(H,17,21)/t9-,10-/m1/s1. The maximum atomic E-state index is 12.0. The Morgan fingerprint density at radius 2 is 2.13 bits per heavy atom. The monoisotopic (exact) mass is 320 g/mol. The zero-order valence-corrected chi connectivity index (χ0v) is 12.2. The summed E-state index contributed by atoms with van der Waals surface area (Å²) in [7, 11) is 0. The summed E-state index contributed by atoms with van der Waals surface area (Å²) in [5.74, 6) is -1.57. The first-order valence-electron chi connectivity index (χ1n) is 7.00. The van der Waals surface area contributed by atoms with Gasteiger partial charge >= 0.3 is 0 Å². The van der Waals surface area contributed by atoms with Gasteiger partial charge in [0.1, 0.15) is 12.1 Å². The van der Waals surface area contributed by atoms with Crippen LogP contribution in [0.3, 0.4) is 0 Å². The first kappa shape index (κ1) is 16.4. The van der Waals surface area contributed by atoms with Gasteiger partial charge in [-0.05, 0) is 6.42 Å². The third-order valence-corrected chi connectivity index (χ3v) is 3.58. The fourth-order valence-corrected chi connectivity index (χ4v) is 2.39. The van der Waals surface area contributed by atoms with Crippen LogP contribution in [0.15, 0.2) is 24.3 Å². The van der Waals surface area contributed by atoms with Crippen LogP contribution in [-0.2, 0) is 20.8 Å². The van der Waals surface area contributed by atoms with Gasteiger partial charge in [0.2, 0.25) is 17.7 Å². The van der Waals surface area contributed by atoms with Crippen molar-refractivity contribution in [3.63, 3.8) is 0 Å². The first-order valence-corrected chi connectivity index (χ1v) is 7.00. The Bertz CT molecular complexity index is 660. The minimum absolute atomic E-state index is 0.0983. The van der Waals surface area contributed by atoms with Crippen LogP contribution in [0, 0.1) is 10.1 Å². The molecule has 1 heterocycles.